The largest absolute Gasteiger partial charge is 0.490 e. The molecule has 3 atom stereocenters. The molecule has 1 fully saturated rings. The van der Waals surface area contributed by atoms with Crippen molar-refractivity contribution < 1.29 is 30.4 Å². The molecule has 6 nitrogen and oxygen atoms in total. The summed E-state index contributed by atoms with van der Waals surface area (Å²) in [5.41, 5.74) is -0.344. The molecule has 1 aliphatic carbocycles. The van der Waals surface area contributed by atoms with Gasteiger partial charge in [-0.3, -0.25) is 0 Å². The van der Waals surface area contributed by atoms with Crippen LogP contribution in [0.3, 0.4) is 0 Å². The van der Waals surface area contributed by atoms with Crippen LogP contribution in [0, 0.1) is 24.5 Å². The van der Waals surface area contributed by atoms with Crippen LogP contribution in [-0.4, -0.2) is 29.5 Å². The average Bonchev–Trinajstić information content (AvgIpc) is 3.28. The molecule has 0 bridgehead atoms. The minimum atomic E-state index is -4.29. The zero-order chi connectivity index (χ0) is 25.9. The van der Waals surface area contributed by atoms with Crippen LogP contribution in [0.15, 0.2) is 57.6 Å². The molecule has 1 N–H and O–H groups in total. The van der Waals surface area contributed by atoms with Gasteiger partial charge in [0.1, 0.15) is 14.8 Å². The summed E-state index contributed by atoms with van der Waals surface area (Å²) in [5, 5.41) is 0.328. The highest BCUT2D eigenvalue weighted by Gasteiger charge is 2.59. The highest BCUT2D eigenvalue weighted by atomic mass is 35.5. The summed E-state index contributed by atoms with van der Waals surface area (Å²) in [6, 6.07) is 9.92. The summed E-state index contributed by atoms with van der Waals surface area (Å²) in [5.74, 6) is -3.00. The number of benzene rings is 2. The average molecular weight is 574 g/mol. The van der Waals surface area contributed by atoms with E-state index in [1.54, 1.807) is 13.0 Å². The normalized spacial score (nSPS) is 24.0. The van der Waals surface area contributed by atoms with Crippen LogP contribution < -0.4 is 9.46 Å². The Balaban J connectivity index is 1.59. The lowest BCUT2D eigenvalue weighted by atomic mass is 9.71. The molecule has 0 saturated heterocycles. The predicted octanol–water partition coefficient (Wildman–Crippen LogP) is 5.20. The Morgan fingerprint density at radius 2 is 1.72 bits per heavy atom. The molecule has 2 aliphatic rings. The van der Waals surface area contributed by atoms with Crippen molar-refractivity contribution >= 4 is 42.8 Å². The number of sulfone groups is 1. The van der Waals surface area contributed by atoms with Crippen molar-refractivity contribution in [3.05, 3.63) is 75.6 Å². The van der Waals surface area contributed by atoms with E-state index in [0.29, 0.717) is 5.02 Å². The Morgan fingerprint density at radius 1 is 1.03 bits per heavy atom. The van der Waals surface area contributed by atoms with Crippen LogP contribution in [0.5, 0.6) is 5.75 Å². The maximum absolute atomic E-state index is 15.3. The number of halogens is 3. The number of hydrogen-bond acceptors (Lipinski definition) is 6. The molecular formula is C24H22ClF2NO5S3. The molecule has 192 valence electrons. The second kappa shape index (κ2) is 9.05. The number of ether oxygens (including phenoxy) is 1. The fourth-order valence-corrected chi connectivity index (χ4v) is 10.4. The fourth-order valence-electron chi connectivity index (χ4n) is 5.28. The van der Waals surface area contributed by atoms with E-state index >= 15 is 4.39 Å². The quantitative estimate of drug-likeness (QED) is 0.453. The minimum Gasteiger partial charge on any atom is -0.490 e. The molecule has 2 heterocycles. The highest BCUT2D eigenvalue weighted by Crippen LogP contribution is 2.56. The van der Waals surface area contributed by atoms with E-state index < -0.39 is 54.0 Å². The predicted molar refractivity (Wildman–Crippen MR) is 133 cm³/mol. The van der Waals surface area contributed by atoms with Crippen molar-refractivity contribution in [2.24, 2.45) is 5.92 Å². The first-order valence-corrected chi connectivity index (χ1v) is 15.3. The van der Waals surface area contributed by atoms with Crippen molar-refractivity contribution in [3.63, 3.8) is 0 Å². The van der Waals surface area contributed by atoms with Crippen LogP contribution >= 0.6 is 22.9 Å². The molecule has 0 unspecified atom stereocenters. The summed E-state index contributed by atoms with van der Waals surface area (Å²) in [6.07, 6.45) is 0.0319. The van der Waals surface area contributed by atoms with E-state index in [4.69, 9.17) is 16.3 Å². The molecule has 12 heteroatoms. The van der Waals surface area contributed by atoms with Crippen LogP contribution in [0.25, 0.3) is 0 Å². The van der Waals surface area contributed by atoms with Gasteiger partial charge in [-0.2, -0.15) is 0 Å². The Kier molecular flexibility index (Phi) is 6.44. The molecule has 1 aromatic heterocycles. The summed E-state index contributed by atoms with van der Waals surface area (Å²) in [6.45, 7) is 1.58. The minimum absolute atomic E-state index is 0.0613. The Morgan fingerprint density at radius 3 is 2.39 bits per heavy atom. The Bertz CT molecular complexity index is 1540. The van der Waals surface area contributed by atoms with E-state index in [2.05, 4.69) is 4.72 Å². The molecule has 2 aromatic carbocycles. The summed E-state index contributed by atoms with van der Waals surface area (Å²) in [4.78, 5) is 0.753. The molecule has 1 aliphatic heterocycles. The third kappa shape index (κ3) is 4.05. The van der Waals surface area contributed by atoms with Crippen LogP contribution in [0.4, 0.5) is 8.78 Å². The first kappa shape index (κ1) is 25.6. The monoisotopic (exact) mass is 573 g/mol. The van der Waals surface area contributed by atoms with Gasteiger partial charge in [0.2, 0.25) is 10.0 Å². The van der Waals surface area contributed by atoms with Crippen molar-refractivity contribution in [1.29, 1.82) is 0 Å². The second-order valence-corrected chi connectivity index (χ2v) is 14.9. The number of hydrogen-bond donors (Lipinski definition) is 1. The van der Waals surface area contributed by atoms with Gasteiger partial charge in [0.15, 0.2) is 21.4 Å². The SMILES string of the molecule is Cc1ccc(S(=O)(=O)N[C@@H]2CC[C@@]3(S(=O)(=O)c4ccc(Cl)cc4)c4c(F)ccc(F)c4OC[C@H]3C2)s1. The van der Waals surface area contributed by atoms with Crippen LogP contribution in [0.2, 0.25) is 5.02 Å². The number of aryl methyl sites for hydroxylation is 1. The standard InChI is InChI=1S/C24H22ClF2NO5S3/c1-14-2-9-21(34-14)36(31,32)28-17-10-11-24(35(29,30)18-5-3-16(25)4-6-18)15(12-17)13-33-23-20(27)8-7-19(26)22(23)24/h2-9,15,17,28H,10-13H2,1H3/t15-,17-,24+/m1/s1. The van der Waals surface area contributed by atoms with Crippen molar-refractivity contribution in [1.82, 2.24) is 4.72 Å². The first-order chi connectivity index (χ1) is 17.0. The summed E-state index contributed by atoms with van der Waals surface area (Å²) < 4.78 is 90.8. The van der Waals surface area contributed by atoms with Crippen molar-refractivity contribution in [2.75, 3.05) is 6.61 Å². The number of thiophene rings is 1. The number of fused-ring (bicyclic) bond motifs is 3. The number of nitrogens with one attached hydrogen (secondary N) is 1. The Hall–Kier alpha value is -2.05. The zero-order valence-electron chi connectivity index (χ0n) is 19.0. The summed E-state index contributed by atoms with van der Waals surface area (Å²) >= 11 is 7.08. The lowest BCUT2D eigenvalue weighted by molar-refractivity contribution is 0.113. The highest BCUT2D eigenvalue weighted by molar-refractivity contribution is 7.92. The first-order valence-electron chi connectivity index (χ1n) is 11.2. The van der Waals surface area contributed by atoms with Crippen LogP contribution in [-0.2, 0) is 24.6 Å². The third-order valence-electron chi connectivity index (χ3n) is 6.91. The molecule has 3 aromatic rings. The van der Waals surface area contributed by atoms with Gasteiger partial charge in [-0.05, 0) is 74.7 Å². The third-order valence-corrected chi connectivity index (χ3v) is 12.8. The van der Waals surface area contributed by atoms with E-state index in [0.717, 1.165) is 28.3 Å². The van der Waals surface area contributed by atoms with Gasteiger partial charge >= 0.3 is 0 Å². The second-order valence-electron chi connectivity index (χ2n) is 9.05. The fraction of sp³-hybridized carbons (Fsp3) is 0.333. The topological polar surface area (TPSA) is 89.5 Å². The van der Waals surface area contributed by atoms with Crippen molar-refractivity contribution in [2.45, 2.75) is 46.1 Å². The zero-order valence-corrected chi connectivity index (χ0v) is 22.2. The Labute approximate surface area is 217 Å². The van der Waals surface area contributed by atoms with Gasteiger partial charge in [0, 0.05) is 21.9 Å². The maximum atomic E-state index is 15.3. The maximum Gasteiger partial charge on any atom is 0.250 e. The van der Waals surface area contributed by atoms with Gasteiger partial charge < -0.3 is 4.74 Å². The molecule has 0 radical (unpaired) electrons. The van der Waals surface area contributed by atoms with Gasteiger partial charge in [-0.1, -0.05) is 11.6 Å². The smallest absolute Gasteiger partial charge is 0.250 e. The lowest BCUT2D eigenvalue weighted by Gasteiger charge is -2.49. The molecule has 5 rings (SSSR count). The summed E-state index contributed by atoms with van der Waals surface area (Å²) in [7, 11) is -8.12. The van der Waals surface area contributed by atoms with Gasteiger partial charge in [0.25, 0.3) is 0 Å². The molecule has 0 amide bonds. The van der Waals surface area contributed by atoms with E-state index in [1.165, 1.54) is 30.3 Å². The van der Waals surface area contributed by atoms with E-state index in [-0.39, 0.29) is 40.5 Å². The van der Waals surface area contributed by atoms with E-state index in [9.17, 15) is 21.2 Å². The molecular weight excluding hydrogens is 552 g/mol. The lowest BCUT2D eigenvalue weighted by Crippen LogP contribution is -2.55. The van der Waals surface area contributed by atoms with E-state index in [1.807, 2.05) is 0 Å². The van der Waals surface area contributed by atoms with Crippen LogP contribution in [0.1, 0.15) is 29.7 Å². The number of sulfonamides is 1. The molecule has 1 saturated carbocycles. The van der Waals surface area contributed by atoms with Gasteiger partial charge in [0.05, 0.1) is 17.1 Å². The van der Waals surface area contributed by atoms with Gasteiger partial charge in [-0.25, -0.2) is 30.3 Å². The number of rotatable bonds is 5. The van der Waals surface area contributed by atoms with Gasteiger partial charge in [-0.15, -0.1) is 11.3 Å². The molecule has 0 spiro atoms. The van der Waals surface area contributed by atoms with Crippen molar-refractivity contribution in [3.8, 4) is 5.75 Å². The molecule has 36 heavy (non-hydrogen) atoms.